The minimum absolute atomic E-state index is 0.0349. The van der Waals surface area contributed by atoms with E-state index in [-0.39, 0.29) is 5.75 Å². The second-order valence-corrected chi connectivity index (χ2v) is 5.86. The molecule has 21 heavy (non-hydrogen) atoms. The van der Waals surface area contributed by atoms with Gasteiger partial charge in [-0.1, -0.05) is 48.5 Å². The van der Waals surface area contributed by atoms with Crippen LogP contribution in [-0.4, -0.2) is 31.6 Å². The fourth-order valence-electron chi connectivity index (χ4n) is 1.92. The molecule has 5 nitrogen and oxygen atoms in total. The Hall–Kier alpha value is -1.53. The molecule has 0 aliphatic heterocycles. The maximum Gasteiger partial charge on any atom is 0.313 e. The lowest BCUT2D eigenvalue weighted by atomic mass is 10.2. The summed E-state index contributed by atoms with van der Waals surface area (Å²) in [6.45, 7) is 2.61. The van der Waals surface area contributed by atoms with E-state index in [2.05, 4.69) is 17.1 Å². The number of carbonyl (C=O) groups is 1. The monoisotopic (exact) mass is 325 g/mol. The standard InChI is InChI=1S/C14H16ClN3O2S/c1-2-5-12-16-17-14(21-9-13(19)20)18(12)8-10-6-3-4-7-11(10)15/h3-4,6-7H,2,5,8-9H2,1H3,(H,19,20). The zero-order valence-electron chi connectivity index (χ0n) is 11.6. The Balaban J connectivity index is 2.27. The summed E-state index contributed by atoms with van der Waals surface area (Å²) in [5.74, 6) is -0.0538. The number of hydrogen-bond donors (Lipinski definition) is 1. The highest BCUT2D eigenvalue weighted by Gasteiger charge is 2.14. The highest BCUT2D eigenvalue weighted by Crippen LogP contribution is 2.22. The quantitative estimate of drug-likeness (QED) is 0.792. The summed E-state index contributed by atoms with van der Waals surface area (Å²) >= 11 is 7.37. The highest BCUT2D eigenvalue weighted by atomic mass is 35.5. The minimum Gasteiger partial charge on any atom is -0.481 e. The molecule has 0 spiro atoms. The highest BCUT2D eigenvalue weighted by molar-refractivity contribution is 7.99. The van der Waals surface area contributed by atoms with Crippen LogP contribution in [0.4, 0.5) is 0 Å². The number of halogens is 1. The molecule has 1 aromatic carbocycles. The lowest BCUT2D eigenvalue weighted by Gasteiger charge is -2.10. The predicted molar refractivity (Wildman–Crippen MR) is 82.9 cm³/mol. The second kappa shape index (κ2) is 7.47. The molecule has 0 saturated heterocycles. The third-order valence-corrected chi connectivity index (χ3v) is 4.20. The first-order valence-electron chi connectivity index (χ1n) is 6.62. The van der Waals surface area contributed by atoms with Crippen molar-refractivity contribution in [1.29, 1.82) is 0 Å². The Bertz CT molecular complexity index is 630. The maximum atomic E-state index is 10.7. The summed E-state index contributed by atoms with van der Waals surface area (Å²) in [4.78, 5) is 10.7. The molecule has 7 heteroatoms. The Morgan fingerprint density at radius 3 is 2.81 bits per heavy atom. The number of hydrogen-bond acceptors (Lipinski definition) is 4. The Morgan fingerprint density at radius 1 is 1.38 bits per heavy atom. The van der Waals surface area contributed by atoms with Crippen LogP contribution >= 0.6 is 23.4 Å². The summed E-state index contributed by atoms with van der Waals surface area (Å²) in [6, 6.07) is 7.59. The van der Waals surface area contributed by atoms with Gasteiger partial charge >= 0.3 is 5.97 Å². The maximum absolute atomic E-state index is 10.7. The number of rotatable bonds is 7. The molecule has 0 fully saturated rings. The molecule has 0 atom stereocenters. The van der Waals surface area contributed by atoms with Gasteiger partial charge in [0.25, 0.3) is 0 Å². The van der Waals surface area contributed by atoms with Gasteiger partial charge in [-0.3, -0.25) is 4.79 Å². The van der Waals surface area contributed by atoms with Crippen molar-refractivity contribution < 1.29 is 9.90 Å². The molecule has 1 N–H and O–H groups in total. The van der Waals surface area contributed by atoms with Gasteiger partial charge in [-0.05, 0) is 18.1 Å². The summed E-state index contributed by atoms with van der Waals surface area (Å²) in [7, 11) is 0. The molecule has 1 heterocycles. The van der Waals surface area contributed by atoms with E-state index in [4.69, 9.17) is 16.7 Å². The predicted octanol–water partition coefficient (Wildman–Crippen LogP) is 3.11. The number of nitrogens with zero attached hydrogens (tertiary/aromatic N) is 3. The Kier molecular flexibility index (Phi) is 5.64. The molecule has 0 aliphatic rings. The molecule has 0 amide bonds. The van der Waals surface area contributed by atoms with E-state index < -0.39 is 5.97 Å². The van der Waals surface area contributed by atoms with Gasteiger partial charge in [0.1, 0.15) is 5.82 Å². The summed E-state index contributed by atoms with van der Waals surface area (Å²) < 4.78 is 1.94. The van der Waals surface area contributed by atoms with E-state index in [9.17, 15) is 4.79 Å². The van der Waals surface area contributed by atoms with Gasteiger partial charge in [0.15, 0.2) is 5.16 Å². The molecule has 1 aromatic heterocycles. The Labute approximate surface area is 132 Å². The SMILES string of the molecule is CCCc1nnc(SCC(=O)O)n1Cc1ccccc1Cl. The van der Waals surface area contributed by atoms with Crippen molar-refractivity contribution in [3.63, 3.8) is 0 Å². The summed E-state index contributed by atoms with van der Waals surface area (Å²) in [5.41, 5.74) is 0.966. The van der Waals surface area contributed by atoms with Crippen LogP contribution in [0.3, 0.4) is 0 Å². The third-order valence-electron chi connectivity index (χ3n) is 2.88. The van der Waals surface area contributed by atoms with Crippen LogP contribution in [0.2, 0.25) is 5.02 Å². The zero-order chi connectivity index (χ0) is 15.2. The van der Waals surface area contributed by atoms with Gasteiger partial charge in [0.2, 0.25) is 0 Å². The number of aliphatic carboxylic acids is 1. The number of aromatic nitrogens is 3. The van der Waals surface area contributed by atoms with Crippen molar-refractivity contribution in [1.82, 2.24) is 14.8 Å². The van der Waals surface area contributed by atoms with E-state index in [1.807, 2.05) is 28.8 Å². The molecule has 0 saturated carbocycles. The largest absolute Gasteiger partial charge is 0.481 e. The van der Waals surface area contributed by atoms with Crippen molar-refractivity contribution in [2.24, 2.45) is 0 Å². The van der Waals surface area contributed by atoms with Crippen molar-refractivity contribution in [3.8, 4) is 0 Å². The van der Waals surface area contributed by atoms with Gasteiger partial charge in [-0.2, -0.15) is 0 Å². The van der Waals surface area contributed by atoms with E-state index >= 15 is 0 Å². The van der Waals surface area contributed by atoms with Crippen LogP contribution in [0.5, 0.6) is 0 Å². The summed E-state index contributed by atoms with van der Waals surface area (Å²) in [5, 5.41) is 18.4. The summed E-state index contributed by atoms with van der Waals surface area (Å²) in [6.07, 6.45) is 1.75. The average Bonchev–Trinajstić information content (AvgIpc) is 2.82. The van der Waals surface area contributed by atoms with Crippen LogP contribution in [0.1, 0.15) is 24.7 Å². The molecule has 2 rings (SSSR count). The zero-order valence-corrected chi connectivity index (χ0v) is 13.2. The first-order valence-corrected chi connectivity index (χ1v) is 7.98. The van der Waals surface area contributed by atoms with Gasteiger partial charge in [0, 0.05) is 11.4 Å². The molecule has 0 radical (unpaired) electrons. The van der Waals surface area contributed by atoms with E-state index in [0.29, 0.717) is 16.7 Å². The number of carboxylic acid groups (broad SMARTS) is 1. The fraction of sp³-hybridized carbons (Fsp3) is 0.357. The molecule has 0 unspecified atom stereocenters. The van der Waals surface area contributed by atoms with Gasteiger partial charge in [-0.25, -0.2) is 0 Å². The molecular formula is C14H16ClN3O2S. The normalized spacial score (nSPS) is 10.8. The van der Waals surface area contributed by atoms with Crippen molar-refractivity contribution in [3.05, 3.63) is 40.7 Å². The van der Waals surface area contributed by atoms with E-state index in [0.717, 1.165) is 24.2 Å². The second-order valence-electron chi connectivity index (χ2n) is 4.51. The fourth-order valence-corrected chi connectivity index (χ4v) is 2.79. The molecule has 112 valence electrons. The first kappa shape index (κ1) is 15.9. The smallest absolute Gasteiger partial charge is 0.313 e. The minimum atomic E-state index is -0.871. The van der Waals surface area contributed by atoms with E-state index in [1.54, 1.807) is 0 Å². The van der Waals surface area contributed by atoms with Crippen LogP contribution < -0.4 is 0 Å². The third kappa shape index (κ3) is 4.22. The average molecular weight is 326 g/mol. The van der Waals surface area contributed by atoms with E-state index in [1.165, 1.54) is 11.8 Å². The van der Waals surface area contributed by atoms with Crippen molar-refractivity contribution >= 4 is 29.3 Å². The lowest BCUT2D eigenvalue weighted by molar-refractivity contribution is -0.133. The number of carboxylic acids is 1. The van der Waals surface area contributed by atoms with Crippen LogP contribution in [0.25, 0.3) is 0 Å². The first-order chi connectivity index (χ1) is 10.1. The Morgan fingerprint density at radius 2 is 2.14 bits per heavy atom. The van der Waals surface area contributed by atoms with Crippen molar-refractivity contribution in [2.75, 3.05) is 5.75 Å². The number of benzene rings is 1. The lowest BCUT2D eigenvalue weighted by Crippen LogP contribution is -2.08. The van der Waals surface area contributed by atoms with Crippen LogP contribution in [0.15, 0.2) is 29.4 Å². The molecule has 0 bridgehead atoms. The molecule has 2 aromatic rings. The van der Waals surface area contributed by atoms with Crippen LogP contribution in [-0.2, 0) is 17.8 Å². The number of thioether (sulfide) groups is 1. The topological polar surface area (TPSA) is 68.0 Å². The number of aryl methyl sites for hydroxylation is 1. The molecule has 0 aliphatic carbocycles. The van der Waals surface area contributed by atoms with Crippen LogP contribution in [0, 0.1) is 0 Å². The van der Waals surface area contributed by atoms with Crippen molar-refractivity contribution in [2.45, 2.75) is 31.5 Å². The van der Waals surface area contributed by atoms with Gasteiger partial charge < -0.3 is 9.67 Å². The van der Waals surface area contributed by atoms with Gasteiger partial charge in [-0.15, -0.1) is 10.2 Å². The van der Waals surface area contributed by atoms with Gasteiger partial charge in [0.05, 0.1) is 12.3 Å². The molecular weight excluding hydrogens is 310 g/mol.